The lowest BCUT2D eigenvalue weighted by atomic mass is 10.6. The van der Waals surface area contributed by atoms with E-state index < -0.39 is 0 Å². The molecule has 0 heterocycles. The molecule has 0 aliphatic carbocycles. The lowest BCUT2D eigenvalue weighted by Crippen LogP contribution is -1.67. The van der Waals surface area contributed by atoms with Gasteiger partial charge in [0.2, 0.25) is 0 Å². The number of hydrogen-bond acceptors (Lipinski definition) is 0. The van der Waals surface area contributed by atoms with Crippen LogP contribution in [0.1, 0.15) is 13.8 Å². The first-order valence-electron chi connectivity index (χ1n) is 1.49. The first-order chi connectivity index (χ1) is 1.73. The third-order valence-electron chi connectivity index (χ3n) is 0. The molecule has 0 fully saturated rings. The first kappa shape index (κ1) is 9.07. The van der Waals surface area contributed by atoms with E-state index in [1.165, 1.54) is 0 Å². The van der Waals surface area contributed by atoms with Crippen molar-refractivity contribution in [2.45, 2.75) is 18.6 Å². The van der Waals surface area contributed by atoms with Crippen molar-refractivity contribution in [3.05, 3.63) is 0 Å². The van der Waals surface area contributed by atoms with Gasteiger partial charge in [0, 0.05) is 0 Å². The summed E-state index contributed by atoms with van der Waals surface area (Å²) >= 11 is 2.66. The summed E-state index contributed by atoms with van der Waals surface area (Å²) in [6.07, 6.45) is 0. The molecular weight excluding hydrogens is 82.0 g/mol. The lowest BCUT2D eigenvalue weighted by molar-refractivity contribution is 1.08. The number of rotatable bonds is 0. The molecule has 0 aromatic rings. The average molecular weight is 90.1 g/mol. The molecule has 0 aromatic carbocycles. The van der Waals surface area contributed by atoms with Crippen LogP contribution in [0.15, 0.2) is 0 Å². The standard InChI is InChI=1S/C3H7.Al.FH/c1-3-2;;/h3H,1-2H3;;1H. The molecule has 0 spiro atoms. The van der Waals surface area contributed by atoms with Crippen molar-refractivity contribution in [3.8, 4) is 0 Å². The zero-order valence-corrected chi connectivity index (χ0v) is 4.72. The summed E-state index contributed by atoms with van der Waals surface area (Å²) in [6, 6.07) is 0. The normalized spacial score (nSPS) is 7.00. The second kappa shape index (κ2) is 4.46. The van der Waals surface area contributed by atoms with Gasteiger partial charge in [-0.05, 0) is 0 Å². The van der Waals surface area contributed by atoms with Gasteiger partial charge in [0.25, 0.3) is 0 Å². The maximum Gasteiger partial charge on any atom is 0.122 e. The SMILES string of the molecule is C[CH](C)[Al].F. The van der Waals surface area contributed by atoms with Crippen LogP contribution in [-0.2, 0) is 0 Å². The van der Waals surface area contributed by atoms with E-state index in [1.807, 2.05) is 0 Å². The Morgan fingerprint density at radius 3 is 1.40 bits per heavy atom. The van der Waals surface area contributed by atoms with Crippen LogP contribution in [0.3, 0.4) is 0 Å². The second-order valence-corrected chi connectivity index (χ2v) is 2.58. The fourth-order valence-electron chi connectivity index (χ4n) is 0. The van der Waals surface area contributed by atoms with Gasteiger partial charge in [0.15, 0.2) is 0 Å². The second-order valence-electron chi connectivity index (χ2n) is 1.24. The van der Waals surface area contributed by atoms with Crippen molar-refractivity contribution in [3.63, 3.8) is 0 Å². The summed E-state index contributed by atoms with van der Waals surface area (Å²) in [6.45, 7) is 4.26. The maximum atomic E-state index is 2.66. The highest BCUT2D eigenvalue weighted by atomic mass is 27.0. The van der Waals surface area contributed by atoms with Crippen LogP contribution < -0.4 is 0 Å². The van der Waals surface area contributed by atoms with Crippen molar-refractivity contribution in [2.75, 3.05) is 0 Å². The van der Waals surface area contributed by atoms with Crippen LogP contribution in [0.4, 0.5) is 4.70 Å². The Morgan fingerprint density at radius 1 is 1.40 bits per heavy atom. The van der Waals surface area contributed by atoms with Crippen molar-refractivity contribution >= 4 is 16.3 Å². The molecule has 0 rings (SSSR count). The molecule has 0 aliphatic heterocycles. The van der Waals surface area contributed by atoms with E-state index in [2.05, 4.69) is 30.1 Å². The van der Waals surface area contributed by atoms with E-state index >= 15 is 0 Å². The summed E-state index contributed by atoms with van der Waals surface area (Å²) in [4.78, 5) is 0. The van der Waals surface area contributed by atoms with Gasteiger partial charge in [-0.3, -0.25) is 4.70 Å². The summed E-state index contributed by atoms with van der Waals surface area (Å²) in [7, 11) is 0. The smallest absolute Gasteiger partial charge is 0.122 e. The zero-order chi connectivity index (χ0) is 3.58. The first-order valence-corrected chi connectivity index (χ1v) is 2.15. The molecule has 0 saturated carbocycles. The largest absolute Gasteiger partial charge is 0.269 e. The monoisotopic (exact) mass is 90.0 g/mol. The molecule has 0 N–H and O–H groups in total. The molecule has 2 radical (unpaired) electrons. The molecule has 30 valence electrons. The highest BCUT2D eigenvalue weighted by molar-refractivity contribution is 6.10. The molecule has 0 saturated heterocycles. The van der Waals surface area contributed by atoms with Crippen molar-refractivity contribution in [1.29, 1.82) is 0 Å². The molecule has 0 aliphatic rings. The lowest BCUT2D eigenvalue weighted by Gasteiger charge is -1.80. The van der Waals surface area contributed by atoms with Crippen molar-refractivity contribution in [2.24, 2.45) is 0 Å². The molecule has 0 aromatic heterocycles. The van der Waals surface area contributed by atoms with E-state index in [9.17, 15) is 0 Å². The van der Waals surface area contributed by atoms with Gasteiger partial charge < -0.3 is 0 Å². The van der Waals surface area contributed by atoms with Gasteiger partial charge in [-0.2, -0.15) is 0 Å². The predicted molar refractivity (Wildman–Crippen MR) is 23.4 cm³/mol. The maximum absolute atomic E-state index is 2.66. The van der Waals surface area contributed by atoms with Crippen molar-refractivity contribution < 1.29 is 4.70 Å². The minimum Gasteiger partial charge on any atom is -0.269 e. The quantitative estimate of drug-likeness (QED) is 0.391. The fourth-order valence-corrected chi connectivity index (χ4v) is 0. The minimum absolute atomic E-state index is 0. The number of hydrogen-bond donors (Lipinski definition) is 0. The highest BCUT2D eigenvalue weighted by Crippen LogP contribution is 1.84. The van der Waals surface area contributed by atoms with E-state index in [-0.39, 0.29) is 4.70 Å². The van der Waals surface area contributed by atoms with Crippen LogP contribution in [0.25, 0.3) is 0 Å². The highest BCUT2D eigenvalue weighted by Gasteiger charge is 1.68. The molecule has 0 amide bonds. The van der Waals surface area contributed by atoms with Gasteiger partial charge in [0.1, 0.15) is 16.3 Å². The molecule has 0 nitrogen and oxygen atoms in total. The fraction of sp³-hybridized carbons (Fsp3) is 1.00. The molecule has 0 unspecified atom stereocenters. The van der Waals surface area contributed by atoms with E-state index in [1.54, 1.807) is 0 Å². The molecular formula is C3H8AlF. The zero-order valence-electron chi connectivity index (χ0n) is 3.56. The van der Waals surface area contributed by atoms with Crippen LogP contribution in [-0.4, -0.2) is 16.3 Å². The Balaban J connectivity index is 0. The Morgan fingerprint density at radius 2 is 1.40 bits per heavy atom. The molecule has 5 heavy (non-hydrogen) atoms. The van der Waals surface area contributed by atoms with Crippen LogP contribution in [0, 0.1) is 0 Å². The van der Waals surface area contributed by atoms with E-state index in [0.29, 0.717) is 0 Å². The third kappa shape index (κ3) is 127. The Bertz CT molecular complexity index is 11.6. The molecule has 2 heteroatoms. The van der Waals surface area contributed by atoms with Crippen LogP contribution >= 0.6 is 0 Å². The topological polar surface area (TPSA) is 0 Å². The van der Waals surface area contributed by atoms with Crippen molar-refractivity contribution in [1.82, 2.24) is 0 Å². The summed E-state index contributed by atoms with van der Waals surface area (Å²) in [5.41, 5.74) is 0. The van der Waals surface area contributed by atoms with Gasteiger partial charge in [-0.1, -0.05) is 13.8 Å². The van der Waals surface area contributed by atoms with Gasteiger partial charge in [-0.15, -0.1) is 4.78 Å². The Labute approximate surface area is 40.4 Å². The summed E-state index contributed by atoms with van der Waals surface area (Å²) in [5, 5.41) is 0. The molecule has 0 atom stereocenters. The van der Waals surface area contributed by atoms with Gasteiger partial charge in [-0.25, -0.2) is 0 Å². The summed E-state index contributed by atoms with van der Waals surface area (Å²) in [5.74, 6) is 0. The summed E-state index contributed by atoms with van der Waals surface area (Å²) < 4.78 is 0.750. The van der Waals surface area contributed by atoms with Crippen LogP contribution in [0.5, 0.6) is 0 Å². The third-order valence-corrected chi connectivity index (χ3v) is 0. The Kier molecular flexibility index (Phi) is 8.10. The minimum atomic E-state index is 0. The average Bonchev–Trinajstić information content (AvgIpc) is 0.811. The van der Waals surface area contributed by atoms with E-state index in [4.69, 9.17) is 0 Å². The van der Waals surface area contributed by atoms with Gasteiger partial charge >= 0.3 is 0 Å². The number of halogens is 1. The Hall–Kier alpha value is 0.462. The predicted octanol–water partition coefficient (Wildman–Crippen LogP) is 1.14. The van der Waals surface area contributed by atoms with Crippen LogP contribution in [0.2, 0.25) is 4.78 Å². The van der Waals surface area contributed by atoms with Gasteiger partial charge in [0.05, 0.1) is 0 Å². The molecule has 0 bridgehead atoms. The van der Waals surface area contributed by atoms with E-state index in [0.717, 1.165) is 4.78 Å².